The molecule has 0 amide bonds. The molecule has 0 bridgehead atoms. The summed E-state index contributed by atoms with van der Waals surface area (Å²) in [4.78, 5) is 29.8. The van der Waals surface area contributed by atoms with Crippen molar-refractivity contribution in [1.29, 1.82) is 0 Å². The van der Waals surface area contributed by atoms with Gasteiger partial charge in [0.1, 0.15) is 11.6 Å². The third-order valence-electron chi connectivity index (χ3n) is 4.43. The molecule has 0 heterocycles. The fourth-order valence-electron chi connectivity index (χ4n) is 2.82. The normalized spacial score (nSPS) is 12.2. The highest BCUT2D eigenvalue weighted by molar-refractivity contribution is 5.80. The van der Waals surface area contributed by atoms with E-state index in [9.17, 15) is 9.59 Å². The van der Waals surface area contributed by atoms with Gasteiger partial charge in [0.2, 0.25) is 0 Å². The molecule has 0 saturated carbocycles. The lowest BCUT2D eigenvalue weighted by Gasteiger charge is -2.29. The molecule has 0 aliphatic rings. The summed E-state index contributed by atoms with van der Waals surface area (Å²) in [7, 11) is 0. The van der Waals surface area contributed by atoms with Gasteiger partial charge in [0, 0.05) is 32.7 Å². The van der Waals surface area contributed by atoms with Crippen LogP contribution in [0.3, 0.4) is 0 Å². The Morgan fingerprint density at radius 1 is 0.846 bits per heavy atom. The van der Waals surface area contributed by atoms with Gasteiger partial charge in [0.15, 0.2) is 0 Å². The third kappa shape index (κ3) is 14.2. The lowest BCUT2D eigenvalue weighted by molar-refractivity contribution is -0.120. The Balaban J connectivity index is 4.67. The first-order chi connectivity index (χ1) is 12.3. The predicted molar refractivity (Wildman–Crippen MR) is 111 cm³/mol. The summed E-state index contributed by atoms with van der Waals surface area (Å²) in [6.45, 7) is 19.5. The molecule has 0 aromatic rings. The third-order valence-corrected chi connectivity index (χ3v) is 4.43. The van der Waals surface area contributed by atoms with Gasteiger partial charge < -0.3 is 4.90 Å². The molecular weight excluding hydrogens is 326 g/mol. The lowest BCUT2D eigenvalue weighted by atomic mass is 10.1. The molecule has 0 unspecified atom stereocenters. The highest BCUT2D eigenvalue weighted by Crippen LogP contribution is 2.04. The number of hydrogen-bond donors (Lipinski definition) is 0. The molecule has 0 N–H and O–H groups in total. The molecule has 0 spiro atoms. The van der Waals surface area contributed by atoms with Gasteiger partial charge in [-0.3, -0.25) is 19.4 Å². The van der Waals surface area contributed by atoms with Gasteiger partial charge in [0.05, 0.1) is 13.1 Å². The molecule has 0 aliphatic carbocycles. The van der Waals surface area contributed by atoms with Crippen LogP contribution in [0.2, 0.25) is 0 Å². The molecule has 0 aliphatic heterocycles. The van der Waals surface area contributed by atoms with Crippen LogP contribution >= 0.6 is 0 Å². The summed E-state index contributed by atoms with van der Waals surface area (Å²) < 4.78 is 0. The monoisotopic (exact) mass is 367 g/mol. The number of carbonyl (C=O) groups is 2. The minimum Gasteiger partial charge on any atom is -0.301 e. The highest BCUT2D eigenvalue weighted by Gasteiger charge is 2.14. The number of nitrogens with zero attached hydrogens (tertiary/aromatic N) is 3. The smallest absolute Gasteiger partial charge is 0.143 e. The van der Waals surface area contributed by atoms with Crippen LogP contribution in [0.25, 0.3) is 0 Å². The quantitative estimate of drug-likeness (QED) is 0.393. The van der Waals surface area contributed by atoms with Crippen LogP contribution in [0.4, 0.5) is 0 Å². The minimum absolute atomic E-state index is 0.114. The second kappa shape index (κ2) is 15.1. The molecule has 0 rings (SSSR count). The summed E-state index contributed by atoms with van der Waals surface area (Å²) in [5.74, 6) is 0.903. The number of likely N-dealkylation sites (N-methyl/N-ethyl adjacent to an activating group) is 1. The molecule has 5 heteroatoms. The van der Waals surface area contributed by atoms with E-state index in [4.69, 9.17) is 0 Å². The summed E-state index contributed by atoms with van der Waals surface area (Å²) in [6.07, 6.45) is 5.46. The zero-order valence-corrected chi connectivity index (χ0v) is 18.0. The molecule has 0 aromatic heterocycles. The summed E-state index contributed by atoms with van der Waals surface area (Å²) >= 11 is 0. The van der Waals surface area contributed by atoms with E-state index in [1.807, 2.05) is 4.90 Å². The van der Waals surface area contributed by atoms with Gasteiger partial charge in [-0.2, -0.15) is 0 Å². The van der Waals surface area contributed by atoms with E-state index in [0.29, 0.717) is 19.0 Å². The molecular formula is C21H41N3O2. The summed E-state index contributed by atoms with van der Waals surface area (Å²) in [6, 6.07) is 0. The number of ketones is 2. The van der Waals surface area contributed by atoms with Crippen molar-refractivity contribution in [3.05, 3.63) is 12.2 Å². The molecule has 0 saturated heterocycles. The number of Topliss-reactive ketones (excluding diaryl/α,β-unsaturated/α-hetero) is 2. The van der Waals surface area contributed by atoms with Crippen molar-refractivity contribution < 1.29 is 9.59 Å². The van der Waals surface area contributed by atoms with Crippen molar-refractivity contribution in [1.82, 2.24) is 14.7 Å². The fraction of sp³-hybridized carbons (Fsp3) is 0.810. The topological polar surface area (TPSA) is 43.9 Å². The van der Waals surface area contributed by atoms with E-state index in [2.05, 4.69) is 49.6 Å². The summed E-state index contributed by atoms with van der Waals surface area (Å²) in [5.41, 5.74) is 0. The van der Waals surface area contributed by atoms with E-state index in [1.54, 1.807) is 13.8 Å². The standard InChI is InChI=1S/C21H41N3O2/c1-7-9-11-22(8-2)13-14-23(12-10-19(3)4)15-16-24(17-20(5)25)18-21(6)26/h7,9,19H,8,10-18H2,1-6H3/b9-7-. The maximum atomic E-state index is 11.5. The number of hydrogen-bond acceptors (Lipinski definition) is 5. The van der Waals surface area contributed by atoms with Gasteiger partial charge in [-0.1, -0.05) is 32.9 Å². The molecule has 0 radical (unpaired) electrons. The van der Waals surface area contributed by atoms with Gasteiger partial charge >= 0.3 is 0 Å². The predicted octanol–water partition coefficient (Wildman–Crippen LogP) is 2.71. The van der Waals surface area contributed by atoms with Crippen LogP contribution in [-0.4, -0.2) is 85.2 Å². The SMILES string of the molecule is C/C=C\CN(CC)CCN(CCC(C)C)CCN(CC(C)=O)CC(C)=O. The maximum Gasteiger partial charge on any atom is 0.143 e. The number of allylic oxidation sites excluding steroid dienone is 1. The first kappa shape index (κ1) is 25.0. The van der Waals surface area contributed by atoms with Crippen molar-refractivity contribution in [2.75, 3.05) is 58.9 Å². The average molecular weight is 368 g/mol. The zero-order valence-electron chi connectivity index (χ0n) is 18.0. The van der Waals surface area contributed by atoms with Crippen LogP contribution in [0.1, 0.15) is 48.0 Å². The number of rotatable bonds is 16. The summed E-state index contributed by atoms with van der Waals surface area (Å²) in [5, 5.41) is 0. The zero-order chi connectivity index (χ0) is 19.9. The Hall–Kier alpha value is -1.04. The lowest BCUT2D eigenvalue weighted by Crippen LogP contribution is -2.42. The van der Waals surface area contributed by atoms with Crippen molar-refractivity contribution in [2.24, 2.45) is 5.92 Å². The molecule has 152 valence electrons. The van der Waals surface area contributed by atoms with E-state index < -0.39 is 0 Å². The van der Waals surface area contributed by atoms with Crippen LogP contribution in [0.5, 0.6) is 0 Å². The van der Waals surface area contributed by atoms with E-state index in [1.165, 1.54) is 6.42 Å². The highest BCUT2D eigenvalue weighted by atomic mass is 16.1. The Morgan fingerprint density at radius 2 is 1.35 bits per heavy atom. The molecule has 0 atom stereocenters. The Kier molecular flexibility index (Phi) is 14.5. The molecule has 0 aromatic carbocycles. The van der Waals surface area contributed by atoms with Crippen molar-refractivity contribution in [3.63, 3.8) is 0 Å². The Morgan fingerprint density at radius 3 is 1.77 bits per heavy atom. The Bertz CT molecular complexity index is 405. The van der Waals surface area contributed by atoms with Gasteiger partial charge in [-0.15, -0.1) is 0 Å². The minimum atomic E-state index is 0.114. The first-order valence-electron chi connectivity index (χ1n) is 10.1. The van der Waals surface area contributed by atoms with Gasteiger partial charge in [-0.25, -0.2) is 0 Å². The van der Waals surface area contributed by atoms with Gasteiger partial charge in [0.25, 0.3) is 0 Å². The fourth-order valence-corrected chi connectivity index (χ4v) is 2.82. The Labute approximate surface area is 161 Å². The van der Waals surface area contributed by atoms with Crippen molar-refractivity contribution in [3.8, 4) is 0 Å². The van der Waals surface area contributed by atoms with Crippen molar-refractivity contribution >= 4 is 11.6 Å². The van der Waals surface area contributed by atoms with Gasteiger partial charge in [-0.05, 0) is 46.2 Å². The second-order valence-corrected chi connectivity index (χ2v) is 7.60. The maximum absolute atomic E-state index is 11.5. The van der Waals surface area contributed by atoms with Crippen LogP contribution in [-0.2, 0) is 9.59 Å². The van der Waals surface area contributed by atoms with E-state index in [-0.39, 0.29) is 11.6 Å². The molecule has 5 nitrogen and oxygen atoms in total. The largest absolute Gasteiger partial charge is 0.301 e. The molecule has 0 fully saturated rings. The van der Waals surface area contributed by atoms with E-state index >= 15 is 0 Å². The molecule has 26 heavy (non-hydrogen) atoms. The average Bonchev–Trinajstić information content (AvgIpc) is 2.55. The van der Waals surface area contributed by atoms with Crippen LogP contribution < -0.4 is 0 Å². The number of carbonyl (C=O) groups excluding carboxylic acids is 2. The van der Waals surface area contributed by atoms with Crippen LogP contribution in [0.15, 0.2) is 12.2 Å². The van der Waals surface area contributed by atoms with Crippen LogP contribution in [0, 0.1) is 5.92 Å². The second-order valence-electron chi connectivity index (χ2n) is 7.60. The van der Waals surface area contributed by atoms with Crippen molar-refractivity contribution in [2.45, 2.75) is 48.0 Å². The first-order valence-corrected chi connectivity index (χ1v) is 10.1. The van der Waals surface area contributed by atoms with E-state index in [0.717, 1.165) is 45.8 Å².